The van der Waals surface area contributed by atoms with E-state index in [1.54, 1.807) is 0 Å². The fraction of sp³-hybridized carbons (Fsp3) is 0.214. The van der Waals surface area contributed by atoms with Gasteiger partial charge in [0.05, 0.1) is 13.2 Å². The summed E-state index contributed by atoms with van der Waals surface area (Å²) >= 11 is 3.83. The van der Waals surface area contributed by atoms with Crippen LogP contribution in [0, 0.1) is 0 Å². The summed E-state index contributed by atoms with van der Waals surface area (Å²) in [5.41, 5.74) is 2.11. The normalized spacial score (nSPS) is 12.6. The van der Waals surface area contributed by atoms with E-state index >= 15 is 0 Å². The van der Waals surface area contributed by atoms with Gasteiger partial charge in [-0.15, -0.1) is 22.7 Å². The first kappa shape index (κ1) is 23.7. The number of hydrogen-bond acceptors (Lipinski definition) is 4. The Kier molecular flexibility index (Phi) is 6.17. The lowest BCUT2D eigenvalue weighted by Crippen LogP contribution is -2.53. The maximum atomic E-state index is 9.89. The summed E-state index contributed by atoms with van der Waals surface area (Å²) in [7, 11) is -3.82. The first-order valence-electron chi connectivity index (χ1n) is 11.6. The quantitative estimate of drug-likeness (QED) is 0.319. The van der Waals surface area contributed by atoms with Gasteiger partial charge in [-0.2, -0.15) is 0 Å². The van der Waals surface area contributed by atoms with Crippen LogP contribution in [0.4, 0.5) is 0 Å². The summed E-state index contributed by atoms with van der Waals surface area (Å²) in [5, 5.41) is 25.1. The molecule has 0 aliphatic carbocycles. The average Bonchev–Trinajstić information content (AvgIpc) is 3.46. The molecule has 2 nitrogen and oxygen atoms in total. The molecule has 0 unspecified atom stereocenters. The standard InChI is InChI=1S/C28H30O2S2Si2/c1-33(2,25-11-7-5-9-19(25)17-29)27-15-21-13-24-22(14-23(21)31-27)16-28(32-24)34(3,4)26-12-8-6-10-20(26)18-30/h5-16,29-30H,17-18H2,1-4H3. The van der Waals surface area contributed by atoms with Crippen LogP contribution in [0.25, 0.3) is 20.2 Å². The zero-order chi connectivity index (χ0) is 24.1. The lowest BCUT2D eigenvalue weighted by atomic mass is 10.2. The number of benzene rings is 3. The first-order valence-corrected chi connectivity index (χ1v) is 19.3. The van der Waals surface area contributed by atoms with Gasteiger partial charge in [0.2, 0.25) is 0 Å². The molecule has 0 saturated heterocycles. The van der Waals surface area contributed by atoms with Crippen molar-refractivity contribution in [3.8, 4) is 0 Å². The largest absolute Gasteiger partial charge is 0.392 e. The number of thiophene rings is 2. The molecule has 2 heterocycles. The topological polar surface area (TPSA) is 40.5 Å². The van der Waals surface area contributed by atoms with Gasteiger partial charge in [0.25, 0.3) is 0 Å². The van der Waals surface area contributed by atoms with E-state index in [1.807, 2.05) is 34.8 Å². The second-order valence-electron chi connectivity index (χ2n) is 10.0. The predicted octanol–water partition coefficient (Wildman–Crippen LogP) is 4.75. The third-order valence-corrected chi connectivity index (χ3v) is 19.0. The SMILES string of the molecule is C[Si](C)(c1cc2cc3sc([Si](C)(C)c4ccccc4CO)cc3cc2s1)c1ccccc1CO. The Bertz CT molecular complexity index is 1340. The van der Waals surface area contributed by atoms with Gasteiger partial charge in [0.15, 0.2) is 0 Å². The van der Waals surface area contributed by atoms with E-state index in [9.17, 15) is 10.2 Å². The van der Waals surface area contributed by atoms with Gasteiger partial charge in [-0.25, -0.2) is 0 Å². The second kappa shape index (κ2) is 8.86. The predicted molar refractivity (Wildman–Crippen MR) is 155 cm³/mol. The van der Waals surface area contributed by atoms with Crippen molar-refractivity contribution in [2.24, 2.45) is 0 Å². The van der Waals surface area contributed by atoms with Gasteiger partial charge in [-0.3, -0.25) is 0 Å². The first-order chi connectivity index (χ1) is 16.3. The van der Waals surface area contributed by atoms with Crippen LogP contribution < -0.4 is 19.4 Å². The minimum Gasteiger partial charge on any atom is -0.392 e. The van der Waals surface area contributed by atoms with Crippen molar-refractivity contribution in [2.75, 3.05) is 0 Å². The molecule has 0 amide bonds. The average molecular weight is 519 g/mol. The van der Waals surface area contributed by atoms with Gasteiger partial charge in [0, 0.05) is 9.40 Å². The molecule has 2 N–H and O–H groups in total. The van der Waals surface area contributed by atoms with Crippen molar-refractivity contribution in [3.63, 3.8) is 0 Å². The number of aliphatic hydroxyl groups is 2. The third-order valence-electron chi connectivity index (χ3n) is 7.11. The lowest BCUT2D eigenvalue weighted by molar-refractivity contribution is 0.282. The van der Waals surface area contributed by atoms with E-state index < -0.39 is 16.1 Å². The molecule has 0 radical (unpaired) electrons. The molecule has 0 atom stereocenters. The van der Waals surface area contributed by atoms with Crippen molar-refractivity contribution >= 4 is 78.4 Å². The van der Waals surface area contributed by atoms with Crippen LogP contribution >= 0.6 is 22.7 Å². The minimum atomic E-state index is -1.91. The molecule has 0 fully saturated rings. The van der Waals surface area contributed by atoms with Crippen LogP contribution in [-0.2, 0) is 13.2 Å². The Balaban J connectivity index is 1.57. The number of rotatable bonds is 6. The number of fused-ring (bicyclic) bond motifs is 2. The number of aliphatic hydroxyl groups excluding tert-OH is 2. The van der Waals surface area contributed by atoms with Gasteiger partial charge >= 0.3 is 0 Å². The van der Waals surface area contributed by atoms with Gasteiger partial charge in [0.1, 0.15) is 16.1 Å². The van der Waals surface area contributed by atoms with E-state index in [0.717, 1.165) is 11.1 Å². The molecule has 0 aliphatic rings. The van der Waals surface area contributed by atoms with Crippen molar-refractivity contribution in [1.82, 2.24) is 0 Å². The van der Waals surface area contributed by atoms with Crippen LogP contribution in [0.15, 0.2) is 72.8 Å². The van der Waals surface area contributed by atoms with E-state index in [0.29, 0.717) is 0 Å². The maximum Gasteiger partial charge on any atom is 0.125 e. The highest BCUT2D eigenvalue weighted by atomic mass is 32.1. The van der Waals surface area contributed by atoms with Gasteiger partial charge in [-0.1, -0.05) is 74.7 Å². The summed E-state index contributed by atoms with van der Waals surface area (Å²) in [6.07, 6.45) is 0. The van der Waals surface area contributed by atoms with Crippen molar-refractivity contribution in [1.29, 1.82) is 0 Å². The summed E-state index contributed by atoms with van der Waals surface area (Å²) < 4.78 is 5.58. The summed E-state index contributed by atoms with van der Waals surface area (Å²) in [6.45, 7) is 9.74. The fourth-order valence-electron chi connectivity index (χ4n) is 4.99. The Morgan fingerprint density at radius 1 is 0.588 bits per heavy atom. The van der Waals surface area contributed by atoms with E-state index in [2.05, 4.69) is 86.9 Å². The highest BCUT2D eigenvalue weighted by Crippen LogP contribution is 2.31. The molecule has 2 aromatic heterocycles. The molecule has 0 saturated carbocycles. The molecular weight excluding hydrogens is 489 g/mol. The Hall–Kier alpha value is -2.07. The molecule has 0 bridgehead atoms. The molecule has 174 valence electrons. The van der Waals surface area contributed by atoms with Crippen molar-refractivity contribution in [2.45, 2.75) is 39.4 Å². The molecule has 5 rings (SSSR count). The van der Waals surface area contributed by atoms with Gasteiger partial charge in [-0.05, 0) is 65.5 Å². The zero-order valence-corrected chi connectivity index (χ0v) is 23.7. The fourth-order valence-corrected chi connectivity index (χ4v) is 14.6. The summed E-state index contributed by atoms with van der Waals surface area (Å²) in [6, 6.07) is 26.2. The zero-order valence-electron chi connectivity index (χ0n) is 20.1. The highest BCUT2D eigenvalue weighted by molar-refractivity contribution is 7.35. The molecule has 6 heteroatoms. The Labute approximate surface area is 211 Å². The van der Waals surface area contributed by atoms with Crippen LogP contribution in [0.1, 0.15) is 11.1 Å². The third kappa shape index (κ3) is 3.92. The highest BCUT2D eigenvalue weighted by Gasteiger charge is 2.32. The Morgan fingerprint density at radius 2 is 0.971 bits per heavy atom. The monoisotopic (exact) mass is 518 g/mol. The summed E-state index contributed by atoms with van der Waals surface area (Å²) in [5.74, 6) is 0. The van der Waals surface area contributed by atoms with E-state index in [-0.39, 0.29) is 13.2 Å². The van der Waals surface area contributed by atoms with Crippen LogP contribution in [-0.4, -0.2) is 26.4 Å². The summed E-state index contributed by atoms with van der Waals surface area (Å²) in [4.78, 5) is 0. The van der Waals surface area contributed by atoms with E-state index in [1.165, 1.54) is 39.5 Å². The molecule has 0 aliphatic heterocycles. The van der Waals surface area contributed by atoms with Gasteiger partial charge < -0.3 is 10.2 Å². The maximum absolute atomic E-state index is 9.89. The van der Waals surface area contributed by atoms with Crippen molar-refractivity contribution in [3.05, 3.63) is 83.9 Å². The molecule has 0 spiro atoms. The Morgan fingerprint density at radius 3 is 1.35 bits per heavy atom. The van der Waals surface area contributed by atoms with Crippen LogP contribution in [0.2, 0.25) is 26.2 Å². The van der Waals surface area contributed by atoms with E-state index in [4.69, 9.17) is 0 Å². The van der Waals surface area contributed by atoms with Crippen molar-refractivity contribution < 1.29 is 10.2 Å². The molecular formula is C28H30O2S2Si2. The lowest BCUT2D eigenvalue weighted by Gasteiger charge is -2.24. The molecule has 34 heavy (non-hydrogen) atoms. The smallest absolute Gasteiger partial charge is 0.125 e. The number of hydrogen-bond donors (Lipinski definition) is 2. The van der Waals surface area contributed by atoms with Crippen LogP contribution in [0.3, 0.4) is 0 Å². The second-order valence-corrected chi connectivity index (χ2v) is 21.6. The minimum absolute atomic E-state index is 0.0924. The van der Waals surface area contributed by atoms with Crippen LogP contribution in [0.5, 0.6) is 0 Å². The molecule has 3 aromatic carbocycles. The molecule has 5 aromatic rings.